The third kappa shape index (κ3) is 7.17. The number of amides is 2. The van der Waals surface area contributed by atoms with Gasteiger partial charge in [0.25, 0.3) is 0 Å². The number of aliphatic carboxylic acids is 1. The molecule has 0 aromatic heterocycles. The lowest BCUT2D eigenvalue weighted by atomic mass is 10.2. The van der Waals surface area contributed by atoms with Crippen LogP contribution in [0.5, 0.6) is 0 Å². The lowest BCUT2D eigenvalue weighted by Crippen LogP contribution is -2.44. The van der Waals surface area contributed by atoms with Gasteiger partial charge in [0.15, 0.2) is 0 Å². The minimum absolute atomic E-state index is 0.418. The summed E-state index contributed by atoms with van der Waals surface area (Å²) in [6.07, 6.45) is 6.40. The Morgan fingerprint density at radius 3 is 2.69 bits per heavy atom. The highest BCUT2D eigenvalue weighted by atomic mass is 32.2. The largest absolute Gasteiger partial charge is 0.480 e. The maximum absolute atomic E-state index is 11.3. The van der Waals surface area contributed by atoms with Crippen LogP contribution in [-0.4, -0.2) is 35.2 Å². The van der Waals surface area contributed by atoms with Crippen molar-refractivity contribution >= 4 is 23.8 Å². The van der Waals surface area contributed by atoms with E-state index >= 15 is 0 Å². The molecule has 0 saturated carbocycles. The SMILES string of the molecule is CC/C=C/NC(=O)NC(CCSC)C(=O)O. The van der Waals surface area contributed by atoms with Crippen molar-refractivity contribution in [2.24, 2.45) is 0 Å². The van der Waals surface area contributed by atoms with Crippen LogP contribution >= 0.6 is 11.8 Å². The minimum atomic E-state index is -1.01. The fraction of sp³-hybridized carbons (Fsp3) is 0.600. The summed E-state index contributed by atoms with van der Waals surface area (Å²) in [6.45, 7) is 1.94. The van der Waals surface area contributed by atoms with E-state index in [-0.39, 0.29) is 0 Å². The van der Waals surface area contributed by atoms with Crippen LogP contribution in [-0.2, 0) is 4.79 Å². The van der Waals surface area contributed by atoms with Gasteiger partial charge in [0.05, 0.1) is 0 Å². The molecular formula is C10H18N2O3S. The van der Waals surface area contributed by atoms with Gasteiger partial charge in [-0.2, -0.15) is 11.8 Å². The Morgan fingerprint density at radius 2 is 2.19 bits per heavy atom. The number of carbonyl (C=O) groups is 2. The van der Waals surface area contributed by atoms with E-state index in [1.54, 1.807) is 17.8 Å². The van der Waals surface area contributed by atoms with Crippen molar-refractivity contribution in [3.63, 3.8) is 0 Å². The second-order valence-corrected chi connectivity index (χ2v) is 4.09. The first-order chi connectivity index (χ1) is 7.61. The van der Waals surface area contributed by atoms with E-state index in [4.69, 9.17) is 5.11 Å². The molecule has 5 nitrogen and oxygen atoms in total. The van der Waals surface area contributed by atoms with E-state index in [1.807, 2.05) is 13.2 Å². The summed E-state index contributed by atoms with van der Waals surface area (Å²) in [5, 5.41) is 13.7. The fourth-order valence-electron chi connectivity index (χ4n) is 0.945. The van der Waals surface area contributed by atoms with Gasteiger partial charge in [-0.05, 0) is 24.9 Å². The summed E-state index contributed by atoms with van der Waals surface area (Å²) >= 11 is 1.55. The molecule has 0 radical (unpaired) electrons. The number of nitrogens with one attached hydrogen (secondary N) is 2. The van der Waals surface area contributed by atoms with Gasteiger partial charge in [-0.1, -0.05) is 13.0 Å². The third-order valence-electron chi connectivity index (χ3n) is 1.78. The lowest BCUT2D eigenvalue weighted by Gasteiger charge is -2.13. The van der Waals surface area contributed by atoms with E-state index in [9.17, 15) is 9.59 Å². The Bertz CT molecular complexity index is 256. The van der Waals surface area contributed by atoms with Gasteiger partial charge in [0.1, 0.15) is 6.04 Å². The number of carboxylic acids is 1. The predicted molar refractivity (Wildman–Crippen MR) is 65.5 cm³/mol. The van der Waals surface area contributed by atoms with E-state index in [1.165, 1.54) is 6.20 Å². The number of hydrogen-bond acceptors (Lipinski definition) is 3. The number of hydrogen-bond donors (Lipinski definition) is 3. The molecule has 0 fully saturated rings. The Morgan fingerprint density at radius 1 is 1.50 bits per heavy atom. The third-order valence-corrected chi connectivity index (χ3v) is 2.43. The molecule has 2 amide bonds. The van der Waals surface area contributed by atoms with Gasteiger partial charge in [0, 0.05) is 6.20 Å². The van der Waals surface area contributed by atoms with Crippen LogP contribution in [0.3, 0.4) is 0 Å². The molecule has 0 bridgehead atoms. The molecule has 6 heteroatoms. The molecular weight excluding hydrogens is 228 g/mol. The van der Waals surface area contributed by atoms with Crippen molar-refractivity contribution in [3.05, 3.63) is 12.3 Å². The predicted octanol–water partition coefficient (Wildman–Crippen LogP) is 1.42. The summed E-state index contributed by atoms with van der Waals surface area (Å²) in [5.41, 5.74) is 0. The summed E-state index contributed by atoms with van der Waals surface area (Å²) in [4.78, 5) is 22.1. The number of carbonyl (C=O) groups excluding carboxylic acids is 1. The quantitative estimate of drug-likeness (QED) is 0.634. The van der Waals surface area contributed by atoms with Crippen molar-refractivity contribution in [1.82, 2.24) is 10.6 Å². The molecule has 92 valence electrons. The maximum Gasteiger partial charge on any atom is 0.326 e. The molecule has 0 rings (SSSR count). The van der Waals surface area contributed by atoms with Crippen LogP contribution in [0, 0.1) is 0 Å². The van der Waals surface area contributed by atoms with Crippen LogP contribution < -0.4 is 10.6 Å². The zero-order valence-corrected chi connectivity index (χ0v) is 10.3. The van der Waals surface area contributed by atoms with Crippen molar-refractivity contribution in [3.8, 4) is 0 Å². The second-order valence-electron chi connectivity index (χ2n) is 3.10. The molecule has 0 aromatic carbocycles. The summed E-state index contributed by atoms with van der Waals surface area (Å²) in [5.74, 6) is -0.314. The number of carboxylic acid groups (broad SMARTS) is 1. The van der Waals surface area contributed by atoms with Crippen molar-refractivity contribution in [1.29, 1.82) is 0 Å². The molecule has 0 aliphatic carbocycles. The summed E-state index contributed by atoms with van der Waals surface area (Å²) in [6, 6.07) is -1.32. The van der Waals surface area contributed by atoms with E-state index in [2.05, 4.69) is 10.6 Å². The Kier molecular flexibility index (Phi) is 8.42. The van der Waals surface area contributed by atoms with Crippen LogP contribution in [0.25, 0.3) is 0 Å². The Labute approximate surface area is 99.7 Å². The highest BCUT2D eigenvalue weighted by molar-refractivity contribution is 7.98. The molecule has 1 unspecified atom stereocenters. The van der Waals surface area contributed by atoms with E-state index < -0.39 is 18.0 Å². The van der Waals surface area contributed by atoms with Gasteiger partial charge in [0.2, 0.25) is 0 Å². The molecule has 0 spiro atoms. The smallest absolute Gasteiger partial charge is 0.326 e. The number of urea groups is 1. The number of allylic oxidation sites excluding steroid dienone is 1. The summed E-state index contributed by atoms with van der Waals surface area (Å²) in [7, 11) is 0. The Hall–Kier alpha value is -1.17. The molecule has 0 aliphatic heterocycles. The van der Waals surface area contributed by atoms with E-state index in [0.717, 1.165) is 6.42 Å². The van der Waals surface area contributed by atoms with Gasteiger partial charge >= 0.3 is 12.0 Å². The summed E-state index contributed by atoms with van der Waals surface area (Å²) < 4.78 is 0. The lowest BCUT2D eigenvalue weighted by molar-refractivity contribution is -0.139. The maximum atomic E-state index is 11.3. The standard InChI is InChI=1S/C10H18N2O3S/c1-3-4-6-11-10(15)12-8(9(13)14)5-7-16-2/h4,6,8H,3,5,7H2,1-2H3,(H,13,14)(H2,11,12,15)/b6-4+. The van der Waals surface area contributed by atoms with Gasteiger partial charge < -0.3 is 15.7 Å². The van der Waals surface area contributed by atoms with E-state index in [0.29, 0.717) is 12.2 Å². The monoisotopic (exact) mass is 246 g/mol. The van der Waals surface area contributed by atoms with Gasteiger partial charge in [-0.25, -0.2) is 9.59 Å². The van der Waals surface area contributed by atoms with Crippen LogP contribution in [0.15, 0.2) is 12.3 Å². The molecule has 0 saturated heterocycles. The van der Waals surface area contributed by atoms with Crippen LogP contribution in [0.2, 0.25) is 0 Å². The second kappa shape index (κ2) is 9.08. The first-order valence-electron chi connectivity index (χ1n) is 5.05. The topological polar surface area (TPSA) is 78.4 Å². The number of rotatable bonds is 7. The molecule has 3 N–H and O–H groups in total. The zero-order valence-electron chi connectivity index (χ0n) is 9.53. The molecule has 16 heavy (non-hydrogen) atoms. The Balaban J connectivity index is 4.02. The average Bonchev–Trinajstić information content (AvgIpc) is 2.24. The minimum Gasteiger partial charge on any atom is -0.480 e. The van der Waals surface area contributed by atoms with Crippen molar-refractivity contribution in [2.75, 3.05) is 12.0 Å². The number of thioether (sulfide) groups is 1. The fourth-order valence-corrected chi connectivity index (χ4v) is 1.42. The van der Waals surface area contributed by atoms with Crippen molar-refractivity contribution < 1.29 is 14.7 Å². The average molecular weight is 246 g/mol. The first kappa shape index (κ1) is 14.8. The zero-order chi connectivity index (χ0) is 12.4. The molecule has 0 heterocycles. The highest BCUT2D eigenvalue weighted by Crippen LogP contribution is 2.00. The molecule has 1 atom stereocenters. The first-order valence-corrected chi connectivity index (χ1v) is 6.45. The highest BCUT2D eigenvalue weighted by Gasteiger charge is 2.18. The van der Waals surface area contributed by atoms with Gasteiger partial charge in [-0.3, -0.25) is 0 Å². The normalized spacial score (nSPS) is 12.4. The van der Waals surface area contributed by atoms with Crippen molar-refractivity contribution in [2.45, 2.75) is 25.8 Å². The molecule has 0 aliphatic rings. The van der Waals surface area contributed by atoms with Crippen LogP contribution in [0.4, 0.5) is 4.79 Å². The van der Waals surface area contributed by atoms with Crippen LogP contribution in [0.1, 0.15) is 19.8 Å². The van der Waals surface area contributed by atoms with Gasteiger partial charge in [-0.15, -0.1) is 0 Å². The molecule has 0 aromatic rings.